The summed E-state index contributed by atoms with van der Waals surface area (Å²) in [6, 6.07) is 0. The van der Waals surface area contributed by atoms with Crippen molar-refractivity contribution in [3.63, 3.8) is 0 Å². The molecule has 140 valence electrons. The Labute approximate surface area is 148 Å². The molecular weight excluding hydrogens is 340 g/mol. The molecule has 0 aliphatic rings. The van der Waals surface area contributed by atoms with E-state index in [1.165, 1.54) is 0 Å². The number of ether oxygens (including phenoxy) is 4. The number of rotatable bonds is 18. The van der Waals surface area contributed by atoms with Crippen LogP contribution in [0.5, 0.6) is 0 Å². The van der Waals surface area contributed by atoms with E-state index in [1.54, 1.807) is 30.4 Å². The molecule has 0 amide bonds. The van der Waals surface area contributed by atoms with Crippen LogP contribution in [0.2, 0.25) is 0 Å². The van der Waals surface area contributed by atoms with E-state index in [2.05, 4.69) is 6.26 Å². The average Bonchev–Trinajstić information content (AvgIpc) is 2.52. The second kappa shape index (κ2) is 18.8. The first-order valence-electron chi connectivity index (χ1n) is 7.90. The molecule has 8 heteroatoms. The predicted octanol–water partition coefficient (Wildman–Crippen LogP) is 0.891. The SMILES string of the molecule is CSCCOCCOCCSCC(O)COCCOCC(C)O. The second-order valence-corrected chi connectivity index (χ2v) is 7.08. The Balaban J connectivity index is 3.14. The molecule has 0 aliphatic carbocycles. The van der Waals surface area contributed by atoms with Crippen LogP contribution in [0, 0.1) is 0 Å². The van der Waals surface area contributed by atoms with E-state index in [4.69, 9.17) is 24.1 Å². The summed E-state index contributed by atoms with van der Waals surface area (Å²) < 4.78 is 21.3. The molecule has 6 nitrogen and oxygen atoms in total. The average molecular weight is 373 g/mol. The van der Waals surface area contributed by atoms with Crippen molar-refractivity contribution in [3.05, 3.63) is 0 Å². The summed E-state index contributed by atoms with van der Waals surface area (Å²) in [5, 5.41) is 18.7. The Bertz CT molecular complexity index is 234. The van der Waals surface area contributed by atoms with Crippen molar-refractivity contribution in [2.75, 3.05) is 76.4 Å². The van der Waals surface area contributed by atoms with Gasteiger partial charge in [0, 0.05) is 17.3 Å². The highest BCUT2D eigenvalue weighted by Crippen LogP contribution is 2.03. The lowest BCUT2D eigenvalue weighted by Crippen LogP contribution is -2.21. The first-order chi connectivity index (χ1) is 11.2. The van der Waals surface area contributed by atoms with Gasteiger partial charge in [0.2, 0.25) is 0 Å². The molecule has 0 aromatic carbocycles. The summed E-state index contributed by atoms with van der Waals surface area (Å²) >= 11 is 3.41. The van der Waals surface area contributed by atoms with Crippen LogP contribution >= 0.6 is 23.5 Å². The summed E-state index contributed by atoms with van der Waals surface area (Å²) in [4.78, 5) is 0. The van der Waals surface area contributed by atoms with Crippen LogP contribution in [0.15, 0.2) is 0 Å². The Morgan fingerprint density at radius 2 is 1.35 bits per heavy atom. The van der Waals surface area contributed by atoms with Crippen molar-refractivity contribution >= 4 is 23.5 Å². The van der Waals surface area contributed by atoms with E-state index in [0.29, 0.717) is 52.0 Å². The molecule has 0 heterocycles. The highest BCUT2D eigenvalue weighted by Gasteiger charge is 2.04. The van der Waals surface area contributed by atoms with Crippen molar-refractivity contribution in [2.24, 2.45) is 0 Å². The van der Waals surface area contributed by atoms with E-state index in [0.717, 1.165) is 18.1 Å². The van der Waals surface area contributed by atoms with Crippen molar-refractivity contribution in [1.82, 2.24) is 0 Å². The summed E-state index contributed by atoms with van der Waals surface area (Å²) in [7, 11) is 0. The first kappa shape index (κ1) is 23.5. The van der Waals surface area contributed by atoms with Gasteiger partial charge in [-0.05, 0) is 13.2 Å². The van der Waals surface area contributed by atoms with E-state index in [9.17, 15) is 5.11 Å². The van der Waals surface area contributed by atoms with Crippen molar-refractivity contribution in [2.45, 2.75) is 19.1 Å². The Hall–Kier alpha value is 0.460. The van der Waals surface area contributed by atoms with Crippen LogP contribution in [0.1, 0.15) is 6.92 Å². The quantitative estimate of drug-likeness (QED) is 0.344. The Kier molecular flexibility index (Phi) is 19.2. The van der Waals surface area contributed by atoms with Crippen LogP contribution < -0.4 is 0 Å². The summed E-state index contributed by atoms with van der Waals surface area (Å²) in [5.41, 5.74) is 0. The molecule has 0 spiro atoms. The van der Waals surface area contributed by atoms with Crippen molar-refractivity contribution < 1.29 is 29.2 Å². The molecular formula is C15H32O6S2. The Morgan fingerprint density at radius 3 is 1.96 bits per heavy atom. The summed E-state index contributed by atoms with van der Waals surface area (Å²) in [6.07, 6.45) is 1.12. The van der Waals surface area contributed by atoms with Crippen LogP contribution in [0.25, 0.3) is 0 Å². The number of hydrogen-bond acceptors (Lipinski definition) is 8. The van der Waals surface area contributed by atoms with Gasteiger partial charge in [-0.1, -0.05) is 0 Å². The fourth-order valence-electron chi connectivity index (χ4n) is 1.44. The topological polar surface area (TPSA) is 77.4 Å². The highest BCUT2D eigenvalue weighted by atomic mass is 32.2. The molecule has 0 rings (SSSR count). The van der Waals surface area contributed by atoms with Gasteiger partial charge >= 0.3 is 0 Å². The highest BCUT2D eigenvalue weighted by molar-refractivity contribution is 7.99. The predicted molar refractivity (Wildman–Crippen MR) is 96.7 cm³/mol. The Morgan fingerprint density at radius 1 is 0.783 bits per heavy atom. The van der Waals surface area contributed by atoms with Crippen LogP contribution in [0.3, 0.4) is 0 Å². The third-order valence-corrected chi connectivity index (χ3v) is 4.18. The van der Waals surface area contributed by atoms with Gasteiger partial charge in [-0.25, -0.2) is 0 Å². The normalized spacial score (nSPS) is 14.1. The van der Waals surface area contributed by atoms with Gasteiger partial charge in [-0.2, -0.15) is 23.5 Å². The molecule has 23 heavy (non-hydrogen) atoms. The third-order valence-electron chi connectivity index (χ3n) is 2.53. The maximum Gasteiger partial charge on any atom is 0.0863 e. The van der Waals surface area contributed by atoms with Gasteiger partial charge in [0.25, 0.3) is 0 Å². The maximum atomic E-state index is 9.73. The van der Waals surface area contributed by atoms with Gasteiger partial charge in [0.05, 0.1) is 65.1 Å². The van der Waals surface area contributed by atoms with E-state index >= 15 is 0 Å². The van der Waals surface area contributed by atoms with Gasteiger partial charge in [0.1, 0.15) is 0 Å². The third kappa shape index (κ3) is 20.4. The zero-order valence-corrected chi connectivity index (χ0v) is 15.9. The van der Waals surface area contributed by atoms with E-state index in [-0.39, 0.29) is 0 Å². The van der Waals surface area contributed by atoms with Crippen molar-refractivity contribution in [3.8, 4) is 0 Å². The first-order valence-corrected chi connectivity index (χ1v) is 10.5. The lowest BCUT2D eigenvalue weighted by molar-refractivity contribution is -0.00928. The van der Waals surface area contributed by atoms with Crippen LogP contribution in [-0.4, -0.2) is 98.8 Å². The number of aliphatic hydroxyl groups excluding tert-OH is 2. The number of aliphatic hydroxyl groups is 2. The molecule has 2 unspecified atom stereocenters. The minimum absolute atomic E-state index is 0.301. The van der Waals surface area contributed by atoms with Crippen LogP contribution in [0.4, 0.5) is 0 Å². The van der Waals surface area contributed by atoms with Gasteiger partial charge in [-0.3, -0.25) is 0 Å². The molecule has 0 radical (unpaired) electrons. The molecule has 0 fully saturated rings. The molecule has 0 aromatic rings. The number of thioether (sulfide) groups is 2. The van der Waals surface area contributed by atoms with Crippen LogP contribution in [-0.2, 0) is 18.9 Å². The smallest absolute Gasteiger partial charge is 0.0863 e. The molecule has 0 aliphatic heterocycles. The maximum absolute atomic E-state index is 9.73. The standard InChI is InChI=1S/C15H32O6S2/c1-14(16)11-20-5-6-21-12-15(17)13-23-10-8-19-4-3-18-7-9-22-2/h14-17H,3-13H2,1-2H3. The second-order valence-electron chi connectivity index (χ2n) is 4.95. The lowest BCUT2D eigenvalue weighted by Gasteiger charge is -2.12. The number of hydrogen-bond donors (Lipinski definition) is 2. The molecule has 0 saturated heterocycles. The molecule has 0 saturated carbocycles. The zero-order chi connectivity index (χ0) is 17.2. The molecule has 0 bridgehead atoms. The summed E-state index contributed by atoms with van der Waals surface area (Å²) in [5.74, 6) is 2.49. The monoisotopic (exact) mass is 372 g/mol. The molecule has 0 aromatic heterocycles. The fourth-order valence-corrected chi connectivity index (χ4v) is 2.50. The molecule has 2 N–H and O–H groups in total. The van der Waals surface area contributed by atoms with Gasteiger partial charge < -0.3 is 29.2 Å². The molecule has 2 atom stereocenters. The minimum atomic E-state index is -0.480. The lowest BCUT2D eigenvalue weighted by atomic mass is 10.4. The van der Waals surface area contributed by atoms with Crippen molar-refractivity contribution in [1.29, 1.82) is 0 Å². The van der Waals surface area contributed by atoms with Gasteiger partial charge in [-0.15, -0.1) is 0 Å². The largest absolute Gasteiger partial charge is 0.391 e. The minimum Gasteiger partial charge on any atom is -0.391 e. The van der Waals surface area contributed by atoms with E-state index in [1.807, 2.05) is 0 Å². The zero-order valence-electron chi connectivity index (χ0n) is 14.3. The van der Waals surface area contributed by atoms with Gasteiger partial charge in [0.15, 0.2) is 0 Å². The summed E-state index contributed by atoms with van der Waals surface area (Å²) in [6.45, 7) is 5.83. The van der Waals surface area contributed by atoms with E-state index < -0.39 is 12.2 Å². The fraction of sp³-hybridized carbons (Fsp3) is 1.00.